The maximum Gasteiger partial charge on any atom is 0.417 e. The highest BCUT2D eigenvalue weighted by Crippen LogP contribution is 2.31. The Kier molecular flexibility index (Phi) is 6.14. The van der Waals surface area contributed by atoms with Gasteiger partial charge in [0.25, 0.3) is 0 Å². The fourth-order valence-electron chi connectivity index (χ4n) is 3.57. The molecule has 7 nitrogen and oxygen atoms in total. The smallest absolute Gasteiger partial charge is 0.417 e. The molecule has 2 amide bonds. The van der Waals surface area contributed by atoms with Gasteiger partial charge < -0.3 is 19.9 Å². The summed E-state index contributed by atoms with van der Waals surface area (Å²) in [6, 6.07) is 2.32. The molecule has 166 valence electrons. The van der Waals surface area contributed by atoms with Crippen molar-refractivity contribution in [1.29, 1.82) is 0 Å². The number of pyridine rings is 1. The molecule has 1 aromatic heterocycles. The number of hydrogen-bond acceptors (Lipinski definition) is 5. The number of carbonyl (C=O) groups excluding carboxylic acids is 2. The van der Waals surface area contributed by atoms with Crippen LogP contribution in [-0.2, 0) is 15.7 Å². The second-order valence-corrected chi connectivity index (χ2v) is 8.73. The number of alkyl carbamates (subject to hydrolysis) is 1. The zero-order valence-electron chi connectivity index (χ0n) is 17.3. The molecule has 0 atom stereocenters. The van der Waals surface area contributed by atoms with Crippen molar-refractivity contribution >= 4 is 17.8 Å². The van der Waals surface area contributed by atoms with Crippen molar-refractivity contribution in [3.05, 3.63) is 23.9 Å². The van der Waals surface area contributed by atoms with Crippen molar-refractivity contribution in [2.24, 2.45) is 5.92 Å². The largest absolute Gasteiger partial charge is 0.444 e. The van der Waals surface area contributed by atoms with Crippen molar-refractivity contribution < 1.29 is 27.5 Å². The molecule has 0 unspecified atom stereocenters. The lowest BCUT2D eigenvalue weighted by molar-refractivity contribution is -0.139. The van der Waals surface area contributed by atoms with Crippen LogP contribution in [0, 0.1) is 5.92 Å². The predicted molar refractivity (Wildman–Crippen MR) is 104 cm³/mol. The molecule has 0 aromatic carbocycles. The van der Waals surface area contributed by atoms with E-state index in [1.165, 1.54) is 6.07 Å². The molecule has 1 aliphatic carbocycles. The van der Waals surface area contributed by atoms with Gasteiger partial charge in [0, 0.05) is 44.3 Å². The summed E-state index contributed by atoms with van der Waals surface area (Å²) in [6.45, 7) is 7.37. The van der Waals surface area contributed by atoms with Gasteiger partial charge in [-0.3, -0.25) is 4.79 Å². The molecule has 1 aliphatic heterocycles. The normalized spacial score (nSPS) is 22.3. The van der Waals surface area contributed by atoms with Crippen LogP contribution in [0.15, 0.2) is 18.3 Å². The Morgan fingerprint density at radius 1 is 1.10 bits per heavy atom. The number of amides is 2. The first kappa shape index (κ1) is 22.2. The Morgan fingerprint density at radius 3 is 2.23 bits per heavy atom. The molecule has 3 rings (SSSR count). The zero-order valence-corrected chi connectivity index (χ0v) is 17.3. The topological polar surface area (TPSA) is 74.8 Å². The lowest BCUT2D eigenvalue weighted by Gasteiger charge is -2.41. The quantitative estimate of drug-likeness (QED) is 0.801. The standard InChI is InChI=1S/C20H27F3N4O3/c1-19(2,3)30-18(29)25-15-10-13(11-15)17(28)27-8-6-26(7-9-27)16-5-4-14(12-24-16)20(21,22)23/h4-5,12-13,15H,6-11H2,1-3H3,(H,25,29). The van der Waals surface area contributed by atoms with Crippen LogP contribution in [-0.4, -0.2) is 59.7 Å². The Hall–Kier alpha value is -2.52. The number of ether oxygens (including phenoxy) is 1. The molecular weight excluding hydrogens is 401 g/mol. The van der Waals surface area contributed by atoms with Gasteiger partial charge in [0.2, 0.25) is 5.91 Å². The fourth-order valence-corrected chi connectivity index (χ4v) is 3.57. The molecule has 2 aliphatic rings. The molecule has 1 saturated carbocycles. The van der Waals surface area contributed by atoms with Crippen LogP contribution >= 0.6 is 0 Å². The number of anilines is 1. The lowest BCUT2D eigenvalue weighted by Crippen LogP contribution is -2.55. The van der Waals surface area contributed by atoms with E-state index in [2.05, 4.69) is 10.3 Å². The molecule has 10 heteroatoms. The molecule has 1 saturated heterocycles. The summed E-state index contributed by atoms with van der Waals surface area (Å²) in [7, 11) is 0. The first-order valence-corrected chi connectivity index (χ1v) is 9.99. The Morgan fingerprint density at radius 2 is 1.73 bits per heavy atom. The Labute approximate surface area is 173 Å². The molecule has 0 radical (unpaired) electrons. The summed E-state index contributed by atoms with van der Waals surface area (Å²) in [6.07, 6.45) is -2.89. The van der Waals surface area contributed by atoms with Crippen LogP contribution in [0.1, 0.15) is 39.2 Å². The maximum atomic E-state index is 12.7. The minimum absolute atomic E-state index is 0.0530. The summed E-state index contributed by atoms with van der Waals surface area (Å²) in [5.74, 6) is 0.401. The summed E-state index contributed by atoms with van der Waals surface area (Å²) in [5.41, 5.74) is -1.34. The minimum atomic E-state index is -4.41. The average molecular weight is 428 g/mol. The van der Waals surface area contributed by atoms with E-state index in [-0.39, 0.29) is 17.9 Å². The molecule has 30 heavy (non-hydrogen) atoms. The highest BCUT2D eigenvalue weighted by atomic mass is 19.4. The molecule has 0 spiro atoms. The van der Waals surface area contributed by atoms with Gasteiger partial charge in [-0.05, 0) is 45.7 Å². The van der Waals surface area contributed by atoms with Crippen LogP contribution in [0.5, 0.6) is 0 Å². The third kappa shape index (κ3) is 5.54. The van der Waals surface area contributed by atoms with Gasteiger partial charge in [-0.15, -0.1) is 0 Å². The maximum absolute atomic E-state index is 12.7. The monoisotopic (exact) mass is 428 g/mol. The third-order valence-electron chi connectivity index (χ3n) is 5.20. The van der Waals surface area contributed by atoms with Gasteiger partial charge in [0.1, 0.15) is 11.4 Å². The van der Waals surface area contributed by atoms with Gasteiger partial charge in [-0.2, -0.15) is 13.2 Å². The van der Waals surface area contributed by atoms with Crippen LogP contribution < -0.4 is 10.2 Å². The number of hydrogen-bond donors (Lipinski definition) is 1. The van der Waals surface area contributed by atoms with Gasteiger partial charge in [0.15, 0.2) is 0 Å². The predicted octanol–water partition coefficient (Wildman–Crippen LogP) is 3.05. The summed E-state index contributed by atoms with van der Waals surface area (Å²) < 4.78 is 43.2. The van der Waals surface area contributed by atoms with Crippen molar-refractivity contribution in [1.82, 2.24) is 15.2 Å². The number of carbonyl (C=O) groups is 2. The average Bonchev–Trinajstić information content (AvgIpc) is 2.62. The van der Waals surface area contributed by atoms with E-state index in [1.807, 2.05) is 4.90 Å². The lowest BCUT2D eigenvalue weighted by atomic mass is 9.79. The number of piperazine rings is 1. The van der Waals surface area contributed by atoms with Crippen molar-refractivity contribution in [2.45, 2.75) is 51.4 Å². The zero-order chi connectivity index (χ0) is 22.1. The molecule has 2 fully saturated rings. The Bertz CT molecular complexity index is 763. The van der Waals surface area contributed by atoms with Gasteiger partial charge >= 0.3 is 12.3 Å². The molecular formula is C20H27F3N4O3. The van der Waals surface area contributed by atoms with Crippen LogP contribution in [0.3, 0.4) is 0 Å². The van der Waals surface area contributed by atoms with Gasteiger partial charge in [-0.25, -0.2) is 9.78 Å². The van der Waals surface area contributed by atoms with E-state index in [4.69, 9.17) is 4.74 Å². The third-order valence-corrected chi connectivity index (χ3v) is 5.20. The van der Waals surface area contributed by atoms with Crippen LogP contribution in [0.2, 0.25) is 0 Å². The number of nitrogens with one attached hydrogen (secondary N) is 1. The second-order valence-electron chi connectivity index (χ2n) is 8.73. The molecule has 1 aromatic rings. The van der Waals surface area contributed by atoms with Gasteiger partial charge in [-0.1, -0.05) is 0 Å². The fraction of sp³-hybridized carbons (Fsp3) is 0.650. The molecule has 1 N–H and O–H groups in total. The number of nitrogens with zero attached hydrogens (tertiary/aromatic N) is 3. The van der Waals surface area contributed by atoms with Crippen LogP contribution in [0.4, 0.5) is 23.8 Å². The number of halogens is 3. The highest BCUT2D eigenvalue weighted by Gasteiger charge is 2.39. The van der Waals surface area contributed by atoms with Gasteiger partial charge in [0.05, 0.1) is 5.56 Å². The molecule has 0 bridgehead atoms. The van der Waals surface area contributed by atoms with Crippen molar-refractivity contribution in [3.63, 3.8) is 0 Å². The van der Waals surface area contributed by atoms with E-state index in [1.54, 1.807) is 25.7 Å². The van der Waals surface area contributed by atoms with E-state index in [0.717, 1.165) is 12.3 Å². The Balaban J connectivity index is 1.42. The van der Waals surface area contributed by atoms with Crippen LogP contribution in [0.25, 0.3) is 0 Å². The first-order chi connectivity index (χ1) is 13.9. The van der Waals surface area contributed by atoms with Crippen molar-refractivity contribution in [2.75, 3.05) is 31.1 Å². The summed E-state index contributed by atoms with van der Waals surface area (Å²) in [4.78, 5) is 32.0. The van der Waals surface area contributed by atoms with Crippen molar-refractivity contribution in [3.8, 4) is 0 Å². The number of aromatic nitrogens is 1. The molecule has 2 heterocycles. The summed E-state index contributed by atoms with van der Waals surface area (Å²) in [5, 5.41) is 2.78. The number of alkyl halides is 3. The summed E-state index contributed by atoms with van der Waals surface area (Å²) >= 11 is 0. The number of rotatable bonds is 3. The van der Waals surface area contributed by atoms with E-state index in [9.17, 15) is 22.8 Å². The van der Waals surface area contributed by atoms with E-state index in [0.29, 0.717) is 44.8 Å². The minimum Gasteiger partial charge on any atom is -0.444 e. The van der Waals surface area contributed by atoms with E-state index >= 15 is 0 Å². The second kappa shape index (κ2) is 8.31. The highest BCUT2D eigenvalue weighted by molar-refractivity contribution is 5.80. The first-order valence-electron chi connectivity index (χ1n) is 9.99. The SMILES string of the molecule is CC(C)(C)OC(=O)NC1CC(C(=O)N2CCN(c3ccc(C(F)(F)F)cn3)CC2)C1. The van der Waals surface area contributed by atoms with E-state index < -0.39 is 23.4 Å².